The quantitative estimate of drug-likeness (QED) is 0.837. The Balaban J connectivity index is 2.29. The Kier molecular flexibility index (Phi) is 2.78. The van der Waals surface area contributed by atoms with Gasteiger partial charge in [0, 0.05) is 18.8 Å². The third-order valence-electron chi connectivity index (χ3n) is 1.98. The molecule has 5 heteroatoms. The Morgan fingerprint density at radius 2 is 2.20 bits per heavy atom. The first kappa shape index (κ1) is 9.86. The van der Waals surface area contributed by atoms with Gasteiger partial charge in [-0.25, -0.2) is 9.97 Å². The number of nitrogen functional groups attached to an aromatic ring is 1. The summed E-state index contributed by atoms with van der Waals surface area (Å²) in [5.41, 5.74) is 7.33. The predicted octanol–water partition coefficient (Wildman–Crippen LogP) is 1.70. The highest BCUT2D eigenvalue weighted by Gasteiger charge is 2.06. The van der Waals surface area contributed by atoms with Crippen LogP contribution >= 0.6 is 11.6 Å². The van der Waals surface area contributed by atoms with E-state index in [1.807, 2.05) is 12.1 Å². The minimum atomic E-state index is 0.311. The first-order valence-electron chi connectivity index (χ1n) is 4.41. The SMILES string of the molecule is Nc1ncnc(Cc2cccnc2)c1Cl. The predicted molar refractivity (Wildman–Crippen MR) is 58.5 cm³/mol. The van der Waals surface area contributed by atoms with E-state index in [0.29, 0.717) is 17.3 Å². The monoisotopic (exact) mass is 220 g/mol. The molecule has 4 nitrogen and oxygen atoms in total. The Hall–Kier alpha value is -1.68. The zero-order valence-corrected chi connectivity index (χ0v) is 8.65. The highest BCUT2D eigenvalue weighted by molar-refractivity contribution is 6.33. The van der Waals surface area contributed by atoms with Crippen molar-refractivity contribution in [2.24, 2.45) is 0 Å². The third-order valence-corrected chi connectivity index (χ3v) is 2.39. The van der Waals surface area contributed by atoms with E-state index in [0.717, 1.165) is 11.3 Å². The maximum absolute atomic E-state index is 5.97. The van der Waals surface area contributed by atoms with Crippen LogP contribution in [0.4, 0.5) is 5.82 Å². The van der Waals surface area contributed by atoms with Gasteiger partial charge in [-0.3, -0.25) is 4.98 Å². The fraction of sp³-hybridized carbons (Fsp3) is 0.100. The fourth-order valence-corrected chi connectivity index (χ4v) is 1.41. The lowest BCUT2D eigenvalue weighted by Gasteiger charge is -2.03. The van der Waals surface area contributed by atoms with Crippen LogP contribution in [0.1, 0.15) is 11.3 Å². The molecule has 15 heavy (non-hydrogen) atoms. The summed E-state index contributed by atoms with van der Waals surface area (Å²) in [5, 5.41) is 0.418. The van der Waals surface area contributed by atoms with Gasteiger partial charge in [-0.2, -0.15) is 0 Å². The lowest BCUT2D eigenvalue weighted by molar-refractivity contribution is 1.02. The smallest absolute Gasteiger partial charge is 0.145 e. The largest absolute Gasteiger partial charge is 0.382 e. The second-order valence-corrected chi connectivity index (χ2v) is 3.44. The summed E-state index contributed by atoms with van der Waals surface area (Å²) < 4.78 is 0. The van der Waals surface area contributed by atoms with E-state index < -0.39 is 0 Å². The molecule has 2 aromatic rings. The molecule has 2 heterocycles. The number of nitrogens with two attached hydrogens (primary N) is 1. The summed E-state index contributed by atoms with van der Waals surface area (Å²) in [5.74, 6) is 0.311. The van der Waals surface area contributed by atoms with Gasteiger partial charge in [0.2, 0.25) is 0 Å². The van der Waals surface area contributed by atoms with Gasteiger partial charge in [0.15, 0.2) is 0 Å². The summed E-state index contributed by atoms with van der Waals surface area (Å²) in [7, 11) is 0. The van der Waals surface area contributed by atoms with Crippen molar-refractivity contribution in [2.75, 3.05) is 5.73 Å². The van der Waals surface area contributed by atoms with Gasteiger partial charge in [0.1, 0.15) is 17.2 Å². The number of pyridine rings is 1. The molecule has 76 valence electrons. The molecule has 0 aliphatic rings. The zero-order chi connectivity index (χ0) is 10.7. The number of rotatable bonds is 2. The maximum Gasteiger partial charge on any atom is 0.145 e. The van der Waals surface area contributed by atoms with Gasteiger partial charge >= 0.3 is 0 Å². The molecule has 0 amide bonds. The van der Waals surface area contributed by atoms with Crippen LogP contribution in [0.3, 0.4) is 0 Å². The maximum atomic E-state index is 5.97. The van der Waals surface area contributed by atoms with Crippen LogP contribution in [0.2, 0.25) is 5.02 Å². The molecule has 2 aromatic heterocycles. The van der Waals surface area contributed by atoms with Crippen molar-refractivity contribution >= 4 is 17.4 Å². The number of aromatic nitrogens is 3. The summed E-state index contributed by atoms with van der Waals surface area (Å²) in [6.07, 6.45) is 5.51. The molecule has 0 saturated carbocycles. The van der Waals surface area contributed by atoms with Crippen LogP contribution in [-0.4, -0.2) is 15.0 Å². The third kappa shape index (κ3) is 2.22. The minimum Gasteiger partial charge on any atom is -0.382 e. The molecule has 2 rings (SSSR count). The highest BCUT2D eigenvalue weighted by Crippen LogP contribution is 2.20. The topological polar surface area (TPSA) is 64.7 Å². The molecule has 0 aliphatic carbocycles. The number of halogens is 1. The van der Waals surface area contributed by atoms with Gasteiger partial charge in [0.25, 0.3) is 0 Å². The first-order chi connectivity index (χ1) is 7.27. The molecule has 0 radical (unpaired) electrons. The van der Waals surface area contributed by atoms with E-state index in [1.54, 1.807) is 12.4 Å². The Morgan fingerprint density at radius 1 is 1.33 bits per heavy atom. The molecule has 0 fully saturated rings. The van der Waals surface area contributed by atoms with E-state index in [-0.39, 0.29) is 0 Å². The number of hydrogen-bond acceptors (Lipinski definition) is 4. The lowest BCUT2D eigenvalue weighted by Crippen LogP contribution is -1.99. The van der Waals surface area contributed by atoms with Crippen LogP contribution in [0.25, 0.3) is 0 Å². The van der Waals surface area contributed by atoms with E-state index in [1.165, 1.54) is 6.33 Å². The van der Waals surface area contributed by atoms with Crippen LogP contribution in [0, 0.1) is 0 Å². The molecular weight excluding hydrogens is 212 g/mol. The molecule has 2 N–H and O–H groups in total. The van der Waals surface area contributed by atoms with Gasteiger partial charge in [-0.05, 0) is 11.6 Å². The summed E-state index contributed by atoms with van der Waals surface area (Å²) >= 11 is 5.97. The average Bonchev–Trinajstić information content (AvgIpc) is 2.26. The minimum absolute atomic E-state index is 0.311. The second-order valence-electron chi connectivity index (χ2n) is 3.06. The molecule has 0 unspecified atom stereocenters. The van der Waals surface area contributed by atoms with Crippen molar-refractivity contribution < 1.29 is 0 Å². The van der Waals surface area contributed by atoms with Crippen molar-refractivity contribution in [2.45, 2.75) is 6.42 Å². The van der Waals surface area contributed by atoms with E-state index in [4.69, 9.17) is 17.3 Å². The van der Waals surface area contributed by atoms with E-state index in [9.17, 15) is 0 Å². The Morgan fingerprint density at radius 3 is 2.93 bits per heavy atom. The summed E-state index contributed by atoms with van der Waals surface area (Å²) in [6.45, 7) is 0. The zero-order valence-electron chi connectivity index (χ0n) is 7.89. The molecule has 0 aromatic carbocycles. The summed E-state index contributed by atoms with van der Waals surface area (Å²) in [6, 6.07) is 3.83. The van der Waals surface area contributed by atoms with Gasteiger partial charge in [-0.1, -0.05) is 17.7 Å². The van der Waals surface area contributed by atoms with Crippen molar-refractivity contribution in [1.29, 1.82) is 0 Å². The van der Waals surface area contributed by atoms with Crippen LogP contribution in [0.15, 0.2) is 30.9 Å². The standard InChI is InChI=1S/C10H9ClN4/c11-9-8(14-6-15-10(9)12)4-7-2-1-3-13-5-7/h1-3,5-6H,4H2,(H2,12,14,15). The van der Waals surface area contributed by atoms with Crippen molar-refractivity contribution in [3.8, 4) is 0 Å². The van der Waals surface area contributed by atoms with Crippen molar-refractivity contribution in [3.63, 3.8) is 0 Å². The van der Waals surface area contributed by atoms with Crippen molar-refractivity contribution in [3.05, 3.63) is 47.1 Å². The normalized spacial score (nSPS) is 10.2. The molecular formula is C10H9ClN4. The van der Waals surface area contributed by atoms with Crippen LogP contribution in [-0.2, 0) is 6.42 Å². The lowest BCUT2D eigenvalue weighted by atomic mass is 10.1. The molecule has 0 bridgehead atoms. The van der Waals surface area contributed by atoms with Gasteiger partial charge in [-0.15, -0.1) is 0 Å². The highest BCUT2D eigenvalue weighted by atomic mass is 35.5. The molecule has 0 saturated heterocycles. The molecule has 0 aliphatic heterocycles. The fourth-order valence-electron chi connectivity index (χ4n) is 1.24. The van der Waals surface area contributed by atoms with Crippen molar-refractivity contribution in [1.82, 2.24) is 15.0 Å². The first-order valence-corrected chi connectivity index (χ1v) is 4.79. The van der Waals surface area contributed by atoms with Gasteiger partial charge in [0.05, 0.1) is 5.69 Å². The number of hydrogen-bond donors (Lipinski definition) is 1. The van der Waals surface area contributed by atoms with Crippen LogP contribution in [0.5, 0.6) is 0 Å². The van der Waals surface area contributed by atoms with E-state index >= 15 is 0 Å². The Bertz CT molecular complexity index is 458. The summed E-state index contributed by atoms with van der Waals surface area (Å²) in [4.78, 5) is 11.9. The molecule has 0 spiro atoms. The number of nitrogens with zero attached hydrogens (tertiary/aromatic N) is 3. The van der Waals surface area contributed by atoms with E-state index in [2.05, 4.69) is 15.0 Å². The average molecular weight is 221 g/mol. The number of anilines is 1. The van der Waals surface area contributed by atoms with Gasteiger partial charge < -0.3 is 5.73 Å². The van der Waals surface area contributed by atoms with Crippen LogP contribution < -0.4 is 5.73 Å². The second kappa shape index (κ2) is 4.23. The Labute approximate surface area is 92.2 Å². The molecule has 0 atom stereocenters.